The molecule has 1 aliphatic rings. The van der Waals surface area contributed by atoms with Gasteiger partial charge in [-0.05, 0) is 30.5 Å². The average Bonchev–Trinajstić information content (AvgIpc) is 2.89. The Kier molecular flexibility index (Phi) is 4.20. The number of benzene rings is 1. The molecular formula is C14H20N2O2. The number of amidine groups is 1. The zero-order valence-electron chi connectivity index (χ0n) is 10.7. The monoisotopic (exact) mass is 248 g/mol. The molecule has 3 N–H and O–H groups in total. The normalized spacial score (nSPS) is 15.8. The summed E-state index contributed by atoms with van der Waals surface area (Å²) in [6, 6.07) is 5.67. The molecule has 18 heavy (non-hydrogen) atoms. The fraction of sp³-hybridized carbons (Fsp3) is 0.500. The van der Waals surface area contributed by atoms with E-state index in [1.54, 1.807) is 7.11 Å². The molecular weight excluding hydrogens is 228 g/mol. The number of rotatable bonds is 5. The number of hydrogen-bond donors (Lipinski definition) is 2. The molecule has 0 aliphatic heterocycles. The van der Waals surface area contributed by atoms with Gasteiger partial charge in [0.1, 0.15) is 11.6 Å². The summed E-state index contributed by atoms with van der Waals surface area (Å²) in [6.45, 7) is 0.578. The molecule has 2 rings (SSSR count). The number of hydrogen-bond acceptors (Lipinski definition) is 3. The lowest BCUT2D eigenvalue weighted by atomic mass is 10.1. The molecule has 0 saturated heterocycles. The predicted octanol–water partition coefficient (Wildman–Crippen LogP) is 2.44. The standard InChI is InChI=1S/C14H20N2O2/c1-17-13-7-6-10(8-12(13)14(15)16)9-18-11-4-2-3-5-11/h6-8,11H,2-5,9H2,1H3,(H3,15,16). The van der Waals surface area contributed by atoms with Crippen LogP contribution in [0.4, 0.5) is 0 Å². The number of nitrogen functional groups attached to an aromatic ring is 1. The second-order valence-electron chi connectivity index (χ2n) is 4.67. The van der Waals surface area contributed by atoms with Gasteiger partial charge in [0.2, 0.25) is 0 Å². The molecule has 0 radical (unpaired) electrons. The zero-order chi connectivity index (χ0) is 13.0. The van der Waals surface area contributed by atoms with Crippen molar-refractivity contribution in [3.8, 4) is 5.75 Å². The van der Waals surface area contributed by atoms with Crippen LogP contribution in [0.1, 0.15) is 36.8 Å². The Morgan fingerprint density at radius 2 is 2.11 bits per heavy atom. The van der Waals surface area contributed by atoms with Crippen molar-refractivity contribution in [3.63, 3.8) is 0 Å². The van der Waals surface area contributed by atoms with Gasteiger partial charge in [-0.15, -0.1) is 0 Å². The third-order valence-electron chi connectivity index (χ3n) is 3.34. The van der Waals surface area contributed by atoms with Crippen molar-refractivity contribution >= 4 is 5.84 Å². The lowest BCUT2D eigenvalue weighted by Gasteiger charge is -2.13. The van der Waals surface area contributed by atoms with Crippen LogP contribution >= 0.6 is 0 Å². The maximum absolute atomic E-state index is 7.53. The molecule has 0 unspecified atom stereocenters. The average molecular weight is 248 g/mol. The molecule has 0 bridgehead atoms. The SMILES string of the molecule is COc1ccc(COC2CCCC2)cc1C(=N)N. The minimum Gasteiger partial charge on any atom is -0.496 e. The van der Waals surface area contributed by atoms with Crippen LogP contribution in [0, 0.1) is 5.41 Å². The molecule has 1 saturated carbocycles. The van der Waals surface area contributed by atoms with Crippen molar-refractivity contribution in [3.05, 3.63) is 29.3 Å². The summed E-state index contributed by atoms with van der Waals surface area (Å²) in [7, 11) is 1.58. The second kappa shape index (κ2) is 5.87. The zero-order valence-corrected chi connectivity index (χ0v) is 10.7. The van der Waals surface area contributed by atoms with E-state index in [4.69, 9.17) is 20.6 Å². The fourth-order valence-corrected chi connectivity index (χ4v) is 2.32. The van der Waals surface area contributed by atoms with Gasteiger partial charge in [0.15, 0.2) is 0 Å². The Balaban J connectivity index is 2.04. The van der Waals surface area contributed by atoms with Gasteiger partial charge in [0.05, 0.1) is 25.4 Å². The largest absolute Gasteiger partial charge is 0.496 e. The van der Waals surface area contributed by atoms with E-state index >= 15 is 0 Å². The summed E-state index contributed by atoms with van der Waals surface area (Å²) in [5.74, 6) is 0.654. The van der Waals surface area contributed by atoms with Crippen LogP contribution in [0.5, 0.6) is 5.75 Å². The van der Waals surface area contributed by atoms with Crippen molar-refractivity contribution in [2.45, 2.75) is 38.4 Å². The first kappa shape index (κ1) is 12.9. The quantitative estimate of drug-likeness (QED) is 0.621. The Morgan fingerprint density at radius 3 is 2.72 bits per heavy atom. The van der Waals surface area contributed by atoms with E-state index in [-0.39, 0.29) is 5.84 Å². The number of nitrogens with two attached hydrogens (primary N) is 1. The Morgan fingerprint density at radius 1 is 1.39 bits per heavy atom. The first-order valence-corrected chi connectivity index (χ1v) is 6.33. The third-order valence-corrected chi connectivity index (χ3v) is 3.34. The van der Waals surface area contributed by atoms with Crippen molar-refractivity contribution in [2.24, 2.45) is 5.73 Å². The highest BCUT2D eigenvalue weighted by Gasteiger charge is 2.15. The number of nitrogens with one attached hydrogen (secondary N) is 1. The number of methoxy groups -OCH3 is 1. The van der Waals surface area contributed by atoms with Gasteiger partial charge in [-0.3, -0.25) is 5.41 Å². The highest BCUT2D eigenvalue weighted by molar-refractivity contribution is 5.97. The van der Waals surface area contributed by atoms with Crippen molar-refractivity contribution < 1.29 is 9.47 Å². The molecule has 0 aromatic heterocycles. The van der Waals surface area contributed by atoms with Gasteiger partial charge < -0.3 is 15.2 Å². The van der Waals surface area contributed by atoms with Gasteiger partial charge in [-0.25, -0.2) is 0 Å². The van der Waals surface area contributed by atoms with E-state index in [9.17, 15) is 0 Å². The molecule has 1 aliphatic carbocycles. The summed E-state index contributed by atoms with van der Waals surface area (Å²) in [5, 5.41) is 7.53. The van der Waals surface area contributed by atoms with Crippen molar-refractivity contribution in [2.75, 3.05) is 7.11 Å². The van der Waals surface area contributed by atoms with E-state index in [2.05, 4.69) is 0 Å². The van der Waals surface area contributed by atoms with E-state index in [1.165, 1.54) is 12.8 Å². The van der Waals surface area contributed by atoms with Crippen LogP contribution in [-0.2, 0) is 11.3 Å². The molecule has 98 valence electrons. The smallest absolute Gasteiger partial charge is 0.129 e. The van der Waals surface area contributed by atoms with E-state index in [0.29, 0.717) is 24.0 Å². The summed E-state index contributed by atoms with van der Waals surface area (Å²) < 4.78 is 11.0. The van der Waals surface area contributed by atoms with Crippen LogP contribution in [0.3, 0.4) is 0 Å². The van der Waals surface area contributed by atoms with Crippen LogP contribution in [-0.4, -0.2) is 19.0 Å². The van der Waals surface area contributed by atoms with Crippen molar-refractivity contribution in [1.29, 1.82) is 5.41 Å². The molecule has 0 amide bonds. The molecule has 1 aromatic carbocycles. The van der Waals surface area contributed by atoms with E-state index < -0.39 is 0 Å². The van der Waals surface area contributed by atoms with Crippen LogP contribution < -0.4 is 10.5 Å². The molecule has 1 aromatic rings. The molecule has 0 heterocycles. The summed E-state index contributed by atoms with van der Waals surface area (Å²) in [6.07, 6.45) is 5.26. The maximum Gasteiger partial charge on any atom is 0.129 e. The second-order valence-corrected chi connectivity index (χ2v) is 4.67. The van der Waals surface area contributed by atoms with E-state index in [0.717, 1.165) is 18.4 Å². The van der Waals surface area contributed by atoms with Gasteiger partial charge in [-0.2, -0.15) is 0 Å². The minimum absolute atomic E-state index is 0.0227. The molecule has 4 nitrogen and oxygen atoms in total. The van der Waals surface area contributed by atoms with Gasteiger partial charge in [0.25, 0.3) is 0 Å². The third kappa shape index (κ3) is 3.01. The van der Waals surface area contributed by atoms with Crippen LogP contribution in [0.2, 0.25) is 0 Å². The van der Waals surface area contributed by atoms with Crippen LogP contribution in [0.15, 0.2) is 18.2 Å². The lowest BCUT2D eigenvalue weighted by molar-refractivity contribution is 0.0457. The molecule has 4 heteroatoms. The highest BCUT2D eigenvalue weighted by atomic mass is 16.5. The summed E-state index contributed by atoms with van der Waals surface area (Å²) in [5.41, 5.74) is 7.20. The lowest BCUT2D eigenvalue weighted by Crippen LogP contribution is -2.13. The highest BCUT2D eigenvalue weighted by Crippen LogP contribution is 2.24. The first-order valence-electron chi connectivity index (χ1n) is 6.33. The Labute approximate surface area is 108 Å². The molecule has 0 atom stereocenters. The number of ether oxygens (including phenoxy) is 2. The first-order chi connectivity index (χ1) is 8.70. The van der Waals surface area contributed by atoms with Gasteiger partial charge in [0, 0.05) is 0 Å². The van der Waals surface area contributed by atoms with Crippen molar-refractivity contribution in [1.82, 2.24) is 0 Å². The maximum atomic E-state index is 7.53. The van der Waals surface area contributed by atoms with Crippen LogP contribution in [0.25, 0.3) is 0 Å². The summed E-state index contributed by atoms with van der Waals surface area (Å²) in [4.78, 5) is 0. The predicted molar refractivity (Wildman–Crippen MR) is 71.1 cm³/mol. The van der Waals surface area contributed by atoms with Gasteiger partial charge >= 0.3 is 0 Å². The Hall–Kier alpha value is -1.55. The fourth-order valence-electron chi connectivity index (χ4n) is 2.32. The Bertz CT molecular complexity index is 426. The van der Waals surface area contributed by atoms with E-state index in [1.807, 2.05) is 18.2 Å². The molecule has 1 fully saturated rings. The summed E-state index contributed by atoms with van der Waals surface area (Å²) >= 11 is 0. The minimum atomic E-state index is 0.0227. The van der Waals surface area contributed by atoms with Gasteiger partial charge in [-0.1, -0.05) is 18.9 Å². The topological polar surface area (TPSA) is 68.3 Å². The molecule has 0 spiro atoms.